The van der Waals surface area contributed by atoms with Crippen LogP contribution in [-0.4, -0.2) is 36.8 Å². The number of halogens is 1. The van der Waals surface area contributed by atoms with Gasteiger partial charge < -0.3 is 14.7 Å². The highest BCUT2D eigenvalue weighted by Gasteiger charge is 2.44. The number of hydrogen-bond acceptors (Lipinski definition) is 3. The van der Waals surface area contributed by atoms with Crippen LogP contribution in [0.3, 0.4) is 0 Å². The van der Waals surface area contributed by atoms with Crippen LogP contribution in [-0.2, 0) is 0 Å². The molecule has 1 N–H and O–H groups in total. The lowest BCUT2D eigenvalue weighted by atomic mass is 9.84. The molecular weight excluding hydrogens is 245 g/mol. The second-order valence-electron chi connectivity index (χ2n) is 5.50. The molecule has 1 saturated carbocycles. The molecule has 1 fully saturated rings. The second-order valence-corrected chi connectivity index (χ2v) is 5.50. The highest BCUT2D eigenvalue weighted by molar-refractivity contribution is 5.32. The largest absolute Gasteiger partial charge is 0.497 e. The highest BCUT2D eigenvalue weighted by atomic mass is 19.1. The van der Waals surface area contributed by atoms with Gasteiger partial charge in [-0.1, -0.05) is 12.8 Å². The number of likely N-dealkylation sites (N-methyl/N-ethyl adjacent to an activating group) is 1. The quantitative estimate of drug-likeness (QED) is 0.910. The van der Waals surface area contributed by atoms with Gasteiger partial charge in [0.05, 0.1) is 12.6 Å². The molecule has 19 heavy (non-hydrogen) atoms. The summed E-state index contributed by atoms with van der Waals surface area (Å²) in [7, 11) is 5.41. The van der Waals surface area contributed by atoms with Gasteiger partial charge in [-0.2, -0.15) is 0 Å². The molecule has 3 nitrogen and oxygen atoms in total. The smallest absolute Gasteiger partial charge is 0.132 e. The van der Waals surface area contributed by atoms with Gasteiger partial charge in [-0.3, -0.25) is 0 Å². The van der Waals surface area contributed by atoms with E-state index in [-0.39, 0.29) is 5.54 Å². The number of ether oxygens (including phenoxy) is 1. The molecule has 0 heterocycles. The first-order chi connectivity index (χ1) is 9.01. The lowest BCUT2D eigenvalue weighted by Gasteiger charge is -2.40. The molecule has 1 aromatic rings. The number of benzene rings is 1. The highest BCUT2D eigenvalue weighted by Crippen LogP contribution is 2.44. The third-order valence-electron chi connectivity index (χ3n) is 4.37. The Bertz CT molecular complexity index is 442. The molecule has 1 aliphatic rings. The Morgan fingerprint density at radius 2 is 1.95 bits per heavy atom. The summed E-state index contributed by atoms with van der Waals surface area (Å²) in [6.07, 6.45) is 3.13. The standard InChI is InChI=1S/C15H22FNO2/c1-17(2)15(8-4-5-9-15)14(18)12-7-6-11(19-3)10-13(12)16/h6-7,10,14,18H,4-5,8-9H2,1-3H3. The van der Waals surface area contributed by atoms with Crippen molar-refractivity contribution in [1.82, 2.24) is 4.90 Å². The predicted molar refractivity (Wildman–Crippen MR) is 72.8 cm³/mol. The summed E-state index contributed by atoms with van der Waals surface area (Å²) in [6, 6.07) is 4.65. The van der Waals surface area contributed by atoms with Crippen LogP contribution in [0.1, 0.15) is 37.4 Å². The van der Waals surface area contributed by atoms with Crippen LogP contribution in [0.25, 0.3) is 0 Å². The number of hydrogen-bond donors (Lipinski definition) is 1. The van der Waals surface area contributed by atoms with E-state index in [9.17, 15) is 9.50 Å². The zero-order valence-corrected chi connectivity index (χ0v) is 11.8. The van der Waals surface area contributed by atoms with Gasteiger partial charge in [0.1, 0.15) is 17.7 Å². The number of aliphatic hydroxyl groups is 1. The Balaban J connectivity index is 2.34. The molecule has 1 aromatic carbocycles. The summed E-state index contributed by atoms with van der Waals surface area (Å²) in [5, 5.41) is 10.7. The van der Waals surface area contributed by atoms with Gasteiger partial charge >= 0.3 is 0 Å². The molecule has 4 heteroatoms. The first kappa shape index (κ1) is 14.3. The minimum Gasteiger partial charge on any atom is -0.497 e. The number of nitrogens with zero attached hydrogens (tertiary/aromatic N) is 1. The summed E-state index contributed by atoms with van der Waals surface area (Å²) in [5.74, 6) is 0.0683. The van der Waals surface area contributed by atoms with E-state index in [0.717, 1.165) is 25.7 Å². The lowest BCUT2D eigenvalue weighted by molar-refractivity contribution is -0.00675. The number of methoxy groups -OCH3 is 1. The first-order valence-corrected chi connectivity index (χ1v) is 6.70. The molecule has 106 valence electrons. The van der Waals surface area contributed by atoms with Crippen LogP contribution in [0.4, 0.5) is 4.39 Å². The van der Waals surface area contributed by atoms with Crippen LogP contribution in [0, 0.1) is 5.82 Å². The Morgan fingerprint density at radius 3 is 2.42 bits per heavy atom. The molecule has 0 aliphatic heterocycles. The SMILES string of the molecule is COc1ccc(C(O)C2(N(C)C)CCCC2)c(F)c1. The Kier molecular flexibility index (Phi) is 4.11. The maximum Gasteiger partial charge on any atom is 0.132 e. The van der Waals surface area contributed by atoms with Crippen molar-refractivity contribution in [2.24, 2.45) is 0 Å². The van der Waals surface area contributed by atoms with Gasteiger partial charge in [0.15, 0.2) is 0 Å². The zero-order valence-electron chi connectivity index (χ0n) is 11.8. The summed E-state index contributed by atoms with van der Waals surface area (Å²) < 4.78 is 19.1. The summed E-state index contributed by atoms with van der Waals surface area (Å²) in [6.45, 7) is 0. The van der Waals surface area contributed by atoms with Gasteiger partial charge in [0.2, 0.25) is 0 Å². The molecule has 1 atom stereocenters. The Hall–Kier alpha value is -1.13. The average molecular weight is 267 g/mol. The second kappa shape index (κ2) is 5.47. The fraction of sp³-hybridized carbons (Fsp3) is 0.600. The van der Waals surface area contributed by atoms with E-state index < -0.39 is 11.9 Å². The van der Waals surface area contributed by atoms with Crippen molar-refractivity contribution in [3.63, 3.8) is 0 Å². The van der Waals surface area contributed by atoms with Crippen molar-refractivity contribution in [2.75, 3.05) is 21.2 Å². The average Bonchev–Trinajstić information content (AvgIpc) is 2.88. The van der Waals surface area contributed by atoms with E-state index in [0.29, 0.717) is 11.3 Å². The maximum atomic E-state index is 14.1. The predicted octanol–water partition coefficient (Wildman–Crippen LogP) is 2.74. The zero-order chi connectivity index (χ0) is 14.0. The van der Waals surface area contributed by atoms with Crippen molar-refractivity contribution in [3.05, 3.63) is 29.6 Å². The van der Waals surface area contributed by atoms with E-state index in [1.807, 2.05) is 19.0 Å². The molecule has 2 rings (SSSR count). The van der Waals surface area contributed by atoms with Gasteiger partial charge in [-0.15, -0.1) is 0 Å². The molecule has 0 amide bonds. The van der Waals surface area contributed by atoms with Gasteiger partial charge in [0.25, 0.3) is 0 Å². The molecule has 0 aromatic heterocycles. The van der Waals surface area contributed by atoms with E-state index in [1.165, 1.54) is 13.2 Å². The van der Waals surface area contributed by atoms with Crippen molar-refractivity contribution in [3.8, 4) is 5.75 Å². The monoisotopic (exact) mass is 267 g/mol. The fourth-order valence-electron chi connectivity index (χ4n) is 3.10. The van der Waals surface area contributed by atoms with Crippen molar-refractivity contribution in [2.45, 2.75) is 37.3 Å². The third kappa shape index (κ3) is 2.47. The molecule has 0 saturated heterocycles. The topological polar surface area (TPSA) is 32.7 Å². The van der Waals surface area contributed by atoms with Gasteiger partial charge in [-0.25, -0.2) is 4.39 Å². The van der Waals surface area contributed by atoms with E-state index in [2.05, 4.69) is 0 Å². The molecular formula is C15H22FNO2. The molecule has 0 spiro atoms. The van der Waals surface area contributed by atoms with Crippen molar-refractivity contribution < 1.29 is 14.2 Å². The van der Waals surface area contributed by atoms with Crippen LogP contribution in [0.15, 0.2) is 18.2 Å². The minimum atomic E-state index is -0.809. The minimum absolute atomic E-state index is 0.352. The maximum absolute atomic E-state index is 14.1. The molecule has 1 aliphatic carbocycles. The van der Waals surface area contributed by atoms with Crippen molar-refractivity contribution >= 4 is 0 Å². The number of rotatable bonds is 4. The summed E-state index contributed by atoms with van der Waals surface area (Å²) in [4.78, 5) is 2.04. The van der Waals surface area contributed by atoms with E-state index in [4.69, 9.17) is 4.74 Å². The van der Waals surface area contributed by atoms with Gasteiger partial charge in [-0.05, 0) is 39.1 Å². The van der Waals surface area contributed by atoms with Crippen LogP contribution < -0.4 is 4.74 Å². The molecule has 1 unspecified atom stereocenters. The third-order valence-corrected chi connectivity index (χ3v) is 4.37. The van der Waals surface area contributed by atoms with E-state index in [1.54, 1.807) is 12.1 Å². The lowest BCUT2D eigenvalue weighted by Crippen LogP contribution is -2.47. The van der Waals surface area contributed by atoms with E-state index >= 15 is 0 Å². The molecule has 0 radical (unpaired) electrons. The first-order valence-electron chi connectivity index (χ1n) is 6.70. The van der Waals surface area contributed by atoms with Crippen LogP contribution in [0.5, 0.6) is 5.75 Å². The number of aliphatic hydroxyl groups excluding tert-OH is 1. The Morgan fingerprint density at radius 1 is 1.32 bits per heavy atom. The fourth-order valence-corrected chi connectivity index (χ4v) is 3.10. The normalized spacial score (nSPS) is 19.7. The van der Waals surface area contributed by atoms with Crippen molar-refractivity contribution in [1.29, 1.82) is 0 Å². The summed E-state index contributed by atoms with van der Waals surface area (Å²) >= 11 is 0. The van der Waals surface area contributed by atoms with Crippen LogP contribution >= 0.6 is 0 Å². The molecule has 0 bridgehead atoms. The summed E-state index contributed by atoms with van der Waals surface area (Å²) in [5.41, 5.74) is 0.00602. The van der Waals surface area contributed by atoms with Gasteiger partial charge in [0, 0.05) is 11.6 Å². The Labute approximate surface area is 114 Å². The van der Waals surface area contributed by atoms with Crippen LogP contribution in [0.2, 0.25) is 0 Å².